The fourth-order valence-electron chi connectivity index (χ4n) is 4.08. The van der Waals surface area contributed by atoms with E-state index in [9.17, 15) is 18.8 Å². The molecule has 0 radical (unpaired) electrons. The summed E-state index contributed by atoms with van der Waals surface area (Å²) in [6.45, 7) is 5.55. The second-order valence-corrected chi connectivity index (χ2v) is 9.51. The van der Waals surface area contributed by atoms with E-state index >= 15 is 0 Å². The van der Waals surface area contributed by atoms with Crippen LogP contribution in [0, 0.1) is 11.2 Å². The van der Waals surface area contributed by atoms with E-state index in [1.165, 1.54) is 12.1 Å². The van der Waals surface area contributed by atoms with E-state index in [0.29, 0.717) is 28.1 Å². The van der Waals surface area contributed by atoms with Crippen molar-refractivity contribution >= 4 is 34.6 Å². The molecular formula is C26H23FN2O5. The molecule has 8 heteroatoms. The fraction of sp³-hybridized carbons (Fsp3) is 0.269. The Bertz CT molecular complexity index is 1300. The van der Waals surface area contributed by atoms with Gasteiger partial charge in [0.1, 0.15) is 17.2 Å². The van der Waals surface area contributed by atoms with Gasteiger partial charge in [-0.2, -0.15) is 5.48 Å². The summed E-state index contributed by atoms with van der Waals surface area (Å²) in [6, 6.07) is 10.9. The molecule has 3 aliphatic rings. The van der Waals surface area contributed by atoms with E-state index in [1.807, 2.05) is 13.8 Å². The largest absolute Gasteiger partial charge is 0.482 e. The van der Waals surface area contributed by atoms with Gasteiger partial charge in [0, 0.05) is 16.7 Å². The first-order chi connectivity index (χ1) is 16.1. The monoisotopic (exact) mass is 462 g/mol. The highest BCUT2D eigenvalue weighted by atomic mass is 19.1. The molecule has 34 heavy (non-hydrogen) atoms. The zero-order valence-corrected chi connectivity index (χ0v) is 19.0. The third-order valence-electron chi connectivity index (χ3n) is 6.45. The van der Waals surface area contributed by atoms with Crippen molar-refractivity contribution in [1.29, 1.82) is 0 Å². The number of rotatable bonds is 3. The van der Waals surface area contributed by atoms with Crippen LogP contribution in [0.4, 0.5) is 10.1 Å². The maximum atomic E-state index is 13.6. The molecule has 1 aliphatic carbocycles. The Labute approximate surface area is 195 Å². The van der Waals surface area contributed by atoms with Gasteiger partial charge in [-0.1, -0.05) is 12.1 Å². The van der Waals surface area contributed by atoms with Crippen LogP contribution in [0.1, 0.15) is 55.1 Å². The van der Waals surface area contributed by atoms with E-state index in [4.69, 9.17) is 9.57 Å². The molecule has 174 valence electrons. The van der Waals surface area contributed by atoms with Gasteiger partial charge < -0.3 is 14.9 Å². The molecule has 2 amide bonds. The second-order valence-electron chi connectivity index (χ2n) is 9.51. The summed E-state index contributed by atoms with van der Waals surface area (Å²) in [5, 5.41) is 2.67. The summed E-state index contributed by atoms with van der Waals surface area (Å²) in [5.41, 5.74) is 4.26. The van der Waals surface area contributed by atoms with Crippen LogP contribution in [-0.4, -0.2) is 23.4 Å². The SMILES string of the molecule is CC1(C(=O)ONC(=O)c2ccc(C3=CC(=C4C(=O)Nc5cc(F)ccc54)OC3(C)C)cc2)CC1. The van der Waals surface area contributed by atoms with E-state index in [-0.39, 0.29) is 5.91 Å². The molecule has 0 spiro atoms. The molecule has 1 saturated carbocycles. The Morgan fingerprint density at radius 1 is 1.09 bits per heavy atom. The highest BCUT2D eigenvalue weighted by Gasteiger charge is 2.47. The predicted molar refractivity (Wildman–Crippen MR) is 122 cm³/mol. The van der Waals surface area contributed by atoms with Crippen molar-refractivity contribution in [1.82, 2.24) is 5.48 Å². The number of benzene rings is 2. The van der Waals surface area contributed by atoms with E-state index < -0.39 is 28.7 Å². The first-order valence-corrected chi connectivity index (χ1v) is 11.0. The Morgan fingerprint density at radius 2 is 1.79 bits per heavy atom. The minimum atomic E-state index is -0.746. The number of hydrogen-bond acceptors (Lipinski definition) is 5. The molecule has 1 fully saturated rings. The standard InChI is InChI=1S/C26H23FN2O5/c1-25(2)18(13-20(33-25)21-17-9-8-16(27)12-19(17)28-23(21)31)14-4-6-15(7-5-14)22(30)29-34-24(32)26(3)10-11-26/h4-9,12-13H,10-11H2,1-3H3,(H,28,31)(H,29,30). The Kier molecular flexibility index (Phi) is 4.86. The lowest BCUT2D eigenvalue weighted by atomic mass is 9.91. The van der Waals surface area contributed by atoms with Crippen molar-refractivity contribution in [2.45, 2.75) is 39.2 Å². The first kappa shape index (κ1) is 21.9. The van der Waals surface area contributed by atoms with Gasteiger partial charge in [-0.25, -0.2) is 9.18 Å². The molecule has 0 aromatic heterocycles. The number of anilines is 1. The van der Waals surface area contributed by atoms with Crippen LogP contribution in [-0.2, 0) is 19.2 Å². The molecule has 2 heterocycles. The topological polar surface area (TPSA) is 93.7 Å². The molecule has 0 unspecified atom stereocenters. The van der Waals surface area contributed by atoms with Crippen molar-refractivity contribution in [2.75, 3.05) is 5.32 Å². The summed E-state index contributed by atoms with van der Waals surface area (Å²) in [5.74, 6) is -1.35. The van der Waals surface area contributed by atoms with Crippen LogP contribution in [0.25, 0.3) is 11.1 Å². The van der Waals surface area contributed by atoms with E-state index in [1.54, 1.807) is 43.3 Å². The first-order valence-electron chi connectivity index (χ1n) is 11.0. The molecule has 0 atom stereocenters. The van der Waals surface area contributed by atoms with Gasteiger partial charge in [-0.3, -0.25) is 9.59 Å². The lowest BCUT2D eigenvalue weighted by Crippen LogP contribution is -2.30. The van der Waals surface area contributed by atoms with Crippen LogP contribution >= 0.6 is 0 Å². The number of hydrogen-bond donors (Lipinski definition) is 2. The van der Waals surface area contributed by atoms with Crippen LogP contribution in [0.3, 0.4) is 0 Å². The Morgan fingerprint density at radius 3 is 2.47 bits per heavy atom. The number of allylic oxidation sites excluding steroid dienone is 1. The average molecular weight is 462 g/mol. The lowest BCUT2D eigenvalue weighted by molar-refractivity contribution is -0.155. The number of amides is 2. The maximum absolute atomic E-state index is 13.6. The highest BCUT2D eigenvalue weighted by molar-refractivity contribution is 6.32. The highest BCUT2D eigenvalue weighted by Crippen LogP contribution is 2.46. The number of fused-ring (bicyclic) bond motifs is 1. The van der Waals surface area contributed by atoms with Gasteiger partial charge in [-0.15, -0.1) is 0 Å². The maximum Gasteiger partial charge on any atom is 0.338 e. The molecule has 2 N–H and O–H groups in total. The average Bonchev–Trinajstić information content (AvgIpc) is 3.35. The number of carbonyl (C=O) groups excluding carboxylic acids is 3. The quantitative estimate of drug-likeness (QED) is 0.522. The summed E-state index contributed by atoms with van der Waals surface area (Å²) >= 11 is 0. The van der Waals surface area contributed by atoms with E-state index in [0.717, 1.165) is 24.0 Å². The minimum absolute atomic E-state index is 0.333. The minimum Gasteiger partial charge on any atom is -0.482 e. The normalized spacial score (nSPS) is 21.2. The zero-order chi connectivity index (χ0) is 24.3. The fourth-order valence-corrected chi connectivity index (χ4v) is 4.08. The second kappa shape index (κ2) is 7.55. The molecule has 2 aliphatic heterocycles. The number of hydroxylamine groups is 1. The predicted octanol–water partition coefficient (Wildman–Crippen LogP) is 4.37. The molecule has 0 saturated heterocycles. The molecule has 5 rings (SSSR count). The van der Waals surface area contributed by atoms with Crippen molar-refractivity contribution < 1.29 is 28.3 Å². The van der Waals surface area contributed by atoms with Gasteiger partial charge in [0.25, 0.3) is 11.8 Å². The van der Waals surface area contributed by atoms with Crippen LogP contribution in [0.15, 0.2) is 54.3 Å². The Balaban J connectivity index is 1.39. The van der Waals surface area contributed by atoms with Gasteiger partial charge in [0.2, 0.25) is 0 Å². The summed E-state index contributed by atoms with van der Waals surface area (Å²) < 4.78 is 19.7. The number of ether oxygens (including phenoxy) is 1. The van der Waals surface area contributed by atoms with Gasteiger partial charge in [0.15, 0.2) is 0 Å². The third kappa shape index (κ3) is 3.75. The van der Waals surface area contributed by atoms with Crippen LogP contribution in [0.2, 0.25) is 0 Å². The van der Waals surface area contributed by atoms with Crippen LogP contribution < -0.4 is 10.8 Å². The van der Waals surface area contributed by atoms with Gasteiger partial charge >= 0.3 is 5.97 Å². The van der Waals surface area contributed by atoms with Crippen LogP contribution in [0.5, 0.6) is 0 Å². The summed E-state index contributed by atoms with van der Waals surface area (Å²) in [6.07, 6.45) is 3.30. The van der Waals surface area contributed by atoms with Crippen molar-refractivity contribution in [3.8, 4) is 0 Å². The molecular weight excluding hydrogens is 439 g/mol. The molecule has 0 bridgehead atoms. The Hall–Kier alpha value is -3.94. The molecule has 7 nitrogen and oxygen atoms in total. The number of nitrogens with one attached hydrogen (secondary N) is 2. The lowest BCUT2D eigenvalue weighted by Gasteiger charge is -2.23. The van der Waals surface area contributed by atoms with Crippen molar-refractivity contribution in [3.05, 3.63) is 76.8 Å². The summed E-state index contributed by atoms with van der Waals surface area (Å²) in [4.78, 5) is 41.8. The molecule has 2 aromatic carbocycles. The smallest absolute Gasteiger partial charge is 0.338 e. The van der Waals surface area contributed by atoms with Crippen molar-refractivity contribution in [2.24, 2.45) is 5.41 Å². The third-order valence-corrected chi connectivity index (χ3v) is 6.45. The molecule has 2 aromatic rings. The van der Waals surface area contributed by atoms with Gasteiger partial charge in [0.05, 0.1) is 16.7 Å². The van der Waals surface area contributed by atoms with Gasteiger partial charge in [-0.05, 0) is 75.6 Å². The van der Waals surface area contributed by atoms with E-state index in [2.05, 4.69) is 10.8 Å². The number of halogens is 1. The summed E-state index contributed by atoms with van der Waals surface area (Å²) in [7, 11) is 0. The number of carbonyl (C=O) groups is 3. The zero-order valence-electron chi connectivity index (χ0n) is 19.0. The van der Waals surface area contributed by atoms with Crippen molar-refractivity contribution in [3.63, 3.8) is 0 Å².